The highest BCUT2D eigenvalue weighted by atomic mass is 32.1. The van der Waals surface area contributed by atoms with Crippen molar-refractivity contribution in [2.24, 2.45) is 0 Å². The quantitative estimate of drug-likeness (QED) is 0.758. The van der Waals surface area contributed by atoms with E-state index in [1.807, 2.05) is 29.8 Å². The van der Waals surface area contributed by atoms with Crippen LogP contribution in [0.5, 0.6) is 0 Å². The maximum atomic E-state index is 12.4. The number of rotatable bonds is 3. The van der Waals surface area contributed by atoms with E-state index < -0.39 is 0 Å². The summed E-state index contributed by atoms with van der Waals surface area (Å²) in [6, 6.07) is 5.91. The van der Waals surface area contributed by atoms with Crippen LogP contribution in [0.1, 0.15) is 22.5 Å². The van der Waals surface area contributed by atoms with Crippen LogP contribution in [0.15, 0.2) is 29.8 Å². The molecule has 1 amide bonds. The van der Waals surface area contributed by atoms with Gasteiger partial charge in [-0.05, 0) is 42.0 Å². The number of aromatic nitrogens is 3. The smallest absolute Gasteiger partial charge is 0.261 e. The molecule has 1 aliphatic heterocycles. The zero-order chi connectivity index (χ0) is 16.5. The van der Waals surface area contributed by atoms with Crippen LogP contribution in [0.3, 0.4) is 0 Å². The fraction of sp³-hybridized carbons (Fsp3) is 0.312. The first-order valence-electron chi connectivity index (χ1n) is 7.78. The number of nitrogens with zero attached hydrogens (tertiary/aromatic N) is 3. The summed E-state index contributed by atoms with van der Waals surface area (Å²) in [5, 5.41) is 9.17. The fourth-order valence-electron chi connectivity index (χ4n) is 2.78. The van der Waals surface area contributed by atoms with Gasteiger partial charge in [0.1, 0.15) is 0 Å². The SMILES string of the molecule is Nc1nc2ccc(-c3csc(C(=O)NC4CCOCC4)c3)cn2n1. The van der Waals surface area contributed by atoms with Gasteiger partial charge < -0.3 is 15.8 Å². The Morgan fingerprint density at radius 3 is 3.00 bits per heavy atom. The summed E-state index contributed by atoms with van der Waals surface area (Å²) in [6.45, 7) is 1.42. The standard InChI is InChI=1S/C16H17N5O2S/c17-16-19-14-2-1-10(8-21(14)20-16)11-7-13(24-9-11)15(22)18-12-3-5-23-6-4-12/h1-2,7-9,12H,3-6H2,(H2,17,20)(H,18,22). The lowest BCUT2D eigenvalue weighted by Crippen LogP contribution is -2.38. The molecule has 0 bridgehead atoms. The number of nitrogens with two attached hydrogens (primary N) is 1. The Kier molecular flexibility index (Phi) is 3.91. The highest BCUT2D eigenvalue weighted by Crippen LogP contribution is 2.26. The van der Waals surface area contributed by atoms with Crippen molar-refractivity contribution in [2.45, 2.75) is 18.9 Å². The molecule has 8 heteroatoms. The fourth-order valence-corrected chi connectivity index (χ4v) is 3.60. The second kappa shape index (κ2) is 6.21. The average molecular weight is 343 g/mol. The summed E-state index contributed by atoms with van der Waals surface area (Å²) in [4.78, 5) is 17.2. The van der Waals surface area contributed by atoms with Gasteiger partial charge in [0, 0.05) is 31.0 Å². The largest absolute Gasteiger partial charge is 0.381 e. The van der Waals surface area contributed by atoms with Gasteiger partial charge in [-0.15, -0.1) is 16.4 Å². The van der Waals surface area contributed by atoms with E-state index in [0.29, 0.717) is 23.7 Å². The Morgan fingerprint density at radius 2 is 2.17 bits per heavy atom. The Hall–Kier alpha value is -2.45. The van der Waals surface area contributed by atoms with Gasteiger partial charge in [-0.2, -0.15) is 4.98 Å². The molecule has 3 aromatic rings. The van der Waals surface area contributed by atoms with E-state index in [-0.39, 0.29) is 17.9 Å². The minimum Gasteiger partial charge on any atom is -0.381 e. The average Bonchev–Trinajstić information content (AvgIpc) is 3.20. The molecular weight excluding hydrogens is 326 g/mol. The lowest BCUT2D eigenvalue weighted by Gasteiger charge is -2.22. The van der Waals surface area contributed by atoms with Crippen molar-refractivity contribution in [2.75, 3.05) is 18.9 Å². The molecule has 0 aliphatic carbocycles. The first kappa shape index (κ1) is 15.1. The molecule has 124 valence electrons. The number of thiophene rings is 1. The third kappa shape index (κ3) is 2.98. The highest BCUT2D eigenvalue weighted by Gasteiger charge is 2.18. The van der Waals surface area contributed by atoms with E-state index in [9.17, 15) is 4.79 Å². The Labute approximate surface area is 142 Å². The van der Waals surface area contributed by atoms with Crippen molar-refractivity contribution in [1.29, 1.82) is 0 Å². The maximum absolute atomic E-state index is 12.4. The summed E-state index contributed by atoms with van der Waals surface area (Å²) < 4.78 is 6.96. The van der Waals surface area contributed by atoms with Gasteiger partial charge in [0.05, 0.1) is 4.88 Å². The second-order valence-corrected chi connectivity index (χ2v) is 6.66. The molecule has 4 heterocycles. The number of hydrogen-bond donors (Lipinski definition) is 2. The monoisotopic (exact) mass is 343 g/mol. The third-order valence-corrected chi connectivity index (χ3v) is 4.99. The minimum atomic E-state index is -0.0239. The van der Waals surface area contributed by atoms with Gasteiger partial charge in [-0.3, -0.25) is 4.79 Å². The predicted octanol–water partition coefficient (Wildman–Crippen LogP) is 1.95. The molecule has 7 nitrogen and oxygen atoms in total. The van der Waals surface area contributed by atoms with Gasteiger partial charge >= 0.3 is 0 Å². The number of fused-ring (bicyclic) bond motifs is 1. The summed E-state index contributed by atoms with van der Waals surface area (Å²) >= 11 is 1.44. The van der Waals surface area contributed by atoms with E-state index in [0.717, 1.165) is 24.0 Å². The first-order valence-corrected chi connectivity index (χ1v) is 8.66. The molecule has 0 radical (unpaired) electrons. The molecule has 0 atom stereocenters. The molecule has 3 aromatic heterocycles. The molecule has 0 saturated carbocycles. The Morgan fingerprint density at radius 1 is 1.33 bits per heavy atom. The zero-order valence-corrected chi connectivity index (χ0v) is 13.8. The van der Waals surface area contributed by atoms with Crippen LogP contribution >= 0.6 is 11.3 Å². The molecule has 0 aromatic carbocycles. The molecule has 24 heavy (non-hydrogen) atoms. The van der Waals surface area contributed by atoms with E-state index in [1.54, 1.807) is 4.52 Å². The number of carbonyl (C=O) groups is 1. The highest BCUT2D eigenvalue weighted by molar-refractivity contribution is 7.12. The van der Waals surface area contributed by atoms with Crippen LogP contribution < -0.4 is 11.1 Å². The minimum absolute atomic E-state index is 0.0239. The van der Waals surface area contributed by atoms with Gasteiger partial charge in [0.25, 0.3) is 5.91 Å². The lowest BCUT2D eigenvalue weighted by molar-refractivity contribution is 0.0698. The van der Waals surface area contributed by atoms with Gasteiger partial charge in [-0.1, -0.05) is 0 Å². The van der Waals surface area contributed by atoms with Crippen LogP contribution in [-0.4, -0.2) is 39.8 Å². The van der Waals surface area contributed by atoms with Crippen molar-refractivity contribution < 1.29 is 9.53 Å². The van der Waals surface area contributed by atoms with E-state index >= 15 is 0 Å². The summed E-state index contributed by atoms with van der Waals surface area (Å²) in [5.41, 5.74) is 8.25. The molecule has 3 N–H and O–H groups in total. The molecule has 0 unspecified atom stereocenters. The number of amides is 1. The first-order chi connectivity index (χ1) is 11.7. The van der Waals surface area contributed by atoms with Crippen LogP contribution in [0.4, 0.5) is 5.95 Å². The third-order valence-electron chi connectivity index (χ3n) is 4.06. The van der Waals surface area contributed by atoms with Gasteiger partial charge in [0.15, 0.2) is 5.65 Å². The number of anilines is 1. The van der Waals surface area contributed by atoms with Crippen molar-refractivity contribution >= 4 is 28.8 Å². The molecule has 1 aliphatic rings. The Bertz CT molecular complexity index is 882. The Balaban J connectivity index is 1.53. The molecule has 1 saturated heterocycles. The van der Waals surface area contributed by atoms with Gasteiger partial charge in [0.2, 0.25) is 5.95 Å². The van der Waals surface area contributed by atoms with Gasteiger partial charge in [-0.25, -0.2) is 4.52 Å². The summed E-state index contributed by atoms with van der Waals surface area (Å²) in [5.74, 6) is 0.221. The van der Waals surface area contributed by atoms with E-state index in [4.69, 9.17) is 10.5 Å². The summed E-state index contributed by atoms with van der Waals surface area (Å²) in [7, 11) is 0. The van der Waals surface area contributed by atoms with Crippen LogP contribution in [0, 0.1) is 0 Å². The number of hydrogen-bond acceptors (Lipinski definition) is 6. The van der Waals surface area contributed by atoms with Crippen molar-refractivity contribution in [3.05, 3.63) is 34.7 Å². The van der Waals surface area contributed by atoms with Crippen molar-refractivity contribution in [3.8, 4) is 11.1 Å². The number of nitrogen functional groups attached to an aromatic ring is 1. The number of ether oxygens (including phenoxy) is 1. The topological polar surface area (TPSA) is 94.5 Å². The van der Waals surface area contributed by atoms with Crippen molar-refractivity contribution in [1.82, 2.24) is 19.9 Å². The molecular formula is C16H17N5O2S. The lowest BCUT2D eigenvalue weighted by atomic mass is 10.1. The van der Waals surface area contributed by atoms with E-state index in [1.165, 1.54) is 11.3 Å². The predicted molar refractivity (Wildman–Crippen MR) is 92.0 cm³/mol. The number of carbonyl (C=O) groups excluding carboxylic acids is 1. The molecule has 0 spiro atoms. The molecule has 4 rings (SSSR count). The summed E-state index contributed by atoms with van der Waals surface area (Å²) in [6.07, 6.45) is 3.60. The maximum Gasteiger partial charge on any atom is 0.261 e. The molecule has 1 fully saturated rings. The van der Waals surface area contributed by atoms with Crippen LogP contribution in [0.25, 0.3) is 16.8 Å². The second-order valence-electron chi connectivity index (χ2n) is 5.75. The normalized spacial score (nSPS) is 15.7. The van der Waals surface area contributed by atoms with Crippen LogP contribution in [0.2, 0.25) is 0 Å². The van der Waals surface area contributed by atoms with Crippen LogP contribution in [-0.2, 0) is 4.74 Å². The van der Waals surface area contributed by atoms with E-state index in [2.05, 4.69) is 15.4 Å². The zero-order valence-electron chi connectivity index (χ0n) is 12.9. The van der Waals surface area contributed by atoms with Crippen molar-refractivity contribution in [3.63, 3.8) is 0 Å². The number of pyridine rings is 1. The number of nitrogens with one attached hydrogen (secondary N) is 1.